The van der Waals surface area contributed by atoms with Gasteiger partial charge in [0.15, 0.2) is 0 Å². The summed E-state index contributed by atoms with van der Waals surface area (Å²) in [5.41, 5.74) is -0.763. The highest BCUT2D eigenvalue weighted by molar-refractivity contribution is 8.02. The Morgan fingerprint density at radius 1 is 1.30 bits per heavy atom. The van der Waals surface area contributed by atoms with E-state index in [1.165, 1.54) is 0 Å². The van der Waals surface area contributed by atoms with Gasteiger partial charge >= 0.3 is 0 Å². The summed E-state index contributed by atoms with van der Waals surface area (Å²) >= 11 is 4.75. The molecular weight excluding hydrogens is 168 g/mol. The topological polar surface area (TPSA) is 29.5 Å². The van der Waals surface area contributed by atoms with Gasteiger partial charge in [-0.05, 0) is 40.6 Å². The van der Waals surface area contributed by atoms with Crippen molar-refractivity contribution in [3.05, 3.63) is 0 Å². The molecule has 0 aromatic carbocycles. The van der Waals surface area contributed by atoms with E-state index in [4.69, 9.17) is 0 Å². The van der Waals surface area contributed by atoms with Crippen LogP contribution in [0.2, 0.25) is 0 Å². The van der Waals surface area contributed by atoms with Crippen molar-refractivity contribution < 1.29 is 8.74 Å². The third-order valence-electron chi connectivity index (χ3n) is 1.72. The zero-order chi connectivity index (χ0) is 8.41. The minimum Gasteiger partial charge on any atom is -0.389 e. The fourth-order valence-electron chi connectivity index (χ4n) is 0.195. The van der Waals surface area contributed by atoms with Crippen LogP contribution in [-0.2, 0) is 3.63 Å². The van der Waals surface area contributed by atoms with Crippen molar-refractivity contribution in [1.82, 2.24) is 0 Å². The normalized spacial score (nSPS) is 13.8. The Bertz CT molecular complexity index is 107. The van der Waals surface area contributed by atoms with Gasteiger partial charge in [0, 0.05) is 12.0 Å². The van der Waals surface area contributed by atoms with E-state index in [2.05, 4.69) is 16.5 Å². The van der Waals surface area contributed by atoms with Crippen LogP contribution in [0, 0.1) is 0 Å². The largest absolute Gasteiger partial charge is 0.389 e. The number of hydrogen-bond donors (Lipinski definition) is 2. The van der Waals surface area contributed by atoms with Gasteiger partial charge in [-0.25, -0.2) is 3.63 Å². The SMILES string of the molecule is CC(C)(O)C(C)(C)SOS. The minimum absolute atomic E-state index is 0.339. The molecule has 0 bridgehead atoms. The quantitative estimate of drug-likeness (QED) is 0.517. The Kier molecular flexibility index (Phi) is 3.55. The van der Waals surface area contributed by atoms with E-state index in [-0.39, 0.29) is 4.75 Å². The lowest BCUT2D eigenvalue weighted by Crippen LogP contribution is -2.42. The molecule has 0 spiro atoms. The Hall–Kier alpha value is 0.620. The van der Waals surface area contributed by atoms with Gasteiger partial charge in [-0.15, -0.1) is 0 Å². The average molecular weight is 182 g/mol. The monoisotopic (exact) mass is 182 g/mol. The van der Waals surface area contributed by atoms with Crippen LogP contribution < -0.4 is 0 Å². The van der Waals surface area contributed by atoms with Crippen LogP contribution in [0.1, 0.15) is 27.7 Å². The molecule has 10 heavy (non-hydrogen) atoms. The molecule has 0 radical (unpaired) electrons. The third-order valence-corrected chi connectivity index (χ3v) is 2.93. The highest BCUT2D eigenvalue weighted by atomic mass is 32.2. The molecule has 0 atom stereocenters. The Labute approximate surface area is 72.2 Å². The van der Waals surface area contributed by atoms with Crippen LogP contribution in [0.15, 0.2) is 0 Å². The van der Waals surface area contributed by atoms with Crippen LogP contribution >= 0.6 is 25.0 Å². The molecule has 0 heterocycles. The standard InChI is InChI=1S/C6H14O2S2/c1-5(2,7)6(3,4)10-8-9/h7,9H,1-4H3. The minimum atomic E-state index is -0.763. The van der Waals surface area contributed by atoms with Crippen molar-refractivity contribution in [3.8, 4) is 0 Å². The van der Waals surface area contributed by atoms with Crippen molar-refractivity contribution in [3.63, 3.8) is 0 Å². The zero-order valence-corrected chi connectivity index (χ0v) is 8.42. The second kappa shape index (κ2) is 3.34. The van der Waals surface area contributed by atoms with Crippen molar-refractivity contribution in [1.29, 1.82) is 0 Å². The summed E-state index contributed by atoms with van der Waals surface area (Å²) in [4.78, 5) is 0. The average Bonchev–Trinajstić information content (AvgIpc) is 1.61. The molecular formula is C6H14O2S2. The predicted molar refractivity (Wildman–Crippen MR) is 48.0 cm³/mol. The predicted octanol–water partition coefficient (Wildman–Crippen LogP) is 2.05. The Balaban J connectivity index is 4.10. The zero-order valence-electron chi connectivity index (χ0n) is 6.71. The first-order valence-electron chi connectivity index (χ1n) is 3.03. The molecule has 0 aromatic rings. The molecule has 62 valence electrons. The summed E-state index contributed by atoms with van der Waals surface area (Å²) < 4.78 is 4.25. The second-order valence-electron chi connectivity index (χ2n) is 3.23. The molecule has 0 saturated heterocycles. The summed E-state index contributed by atoms with van der Waals surface area (Å²) in [5.74, 6) is 0. The lowest BCUT2D eigenvalue weighted by Gasteiger charge is -2.34. The van der Waals surface area contributed by atoms with Crippen molar-refractivity contribution >= 4 is 25.0 Å². The van der Waals surface area contributed by atoms with E-state index in [0.717, 1.165) is 12.0 Å². The molecule has 0 fully saturated rings. The number of hydrogen-bond acceptors (Lipinski definition) is 4. The summed E-state index contributed by atoms with van der Waals surface area (Å²) in [6.07, 6.45) is 0. The third kappa shape index (κ3) is 2.70. The summed E-state index contributed by atoms with van der Waals surface area (Å²) in [6, 6.07) is 0. The molecule has 0 amide bonds. The highest BCUT2D eigenvalue weighted by Gasteiger charge is 2.36. The van der Waals surface area contributed by atoms with Crippen LogP contribution in [-0.4, -0.2) is 15.5 Å². The molecule has 0 aromatic heterocycles. The maximum absolute atomic E-state index is 9.54. The van der Waals surface area contributed by atoms with E-state index in [9.17, 15) is 5.11 Å². The van der Waals surface area contributed by atoms with Gasteiger partial charge in [-0.2, -0.15) is 0 Å². The van der Waals surface area contributed by atoms with Gasteiger partial charge in [0.2, 0.25) is 0 Å². The van der Waals surface area contributed by atoms with Crippen LogP contribution in [0.4, 0.5) is 0 Å². The van der Waals surface area contributed by atoms with E-state index in [1.54, 1.807) is 13.8 Å². The highest BCUT2D eigenvalue weighted by Crippen LogP contribution is 2.36. The first-order chi connectivity index (χ1) is 4.31. The van der Waals surface area contributed by atoms with Gasteiger partial charge in [0.25, 0.3) is 0 Å². The van der Waals surface area contributed by atoms with Gasteiger partial charge in [-0.3, -0.25) is 0 Å². The van der Waals surface area contributed by atoms with E-state index >= 15 is 0 Å². The van der Waals surface area contributed by atoms with Gasteiger partial charge in [0.1, 0.15) is 0 Å². The molecule has 2 nitrogen and oxygen atoms in total. The second-order valence-corrected chi connectivity index (χ2v) is 5.01. The van der Waals surface area contributed by atoms with Crippen molar-refractivity contribution in [2.75, 3.05) is 0 Å². The van der Waals surface area contributed by atoms with E-state index < -0.39 is 5.60 Å². The van der Waals surface area contributed by atoms with Gasteiger partial charge in [0.05, 0.1) is 10.3 Å². The fraction of sp³-hybridized carbons (Fsp3) is 1.00. The Morgan fingerprint density at radius 2 is 1.70 bits per heavy atom. The fourth-order valence-corrected chi connectivity index (χ4v) is 1.14. The van der Waals surface area contributed by atoms with Gasteiger partial charge < -0.3 is 5.11 Å². The molecule has 0 aliphatic rings. The number of thiol groups is 1. The Morgan fingerprint density at radius 3 is 1.80 bits per heavy atom. The maximum Gasteiger partial charge on any atom is 0.0755 e. The summed E-state index contributed by atoms with van der Waals surface area (Å²) in [5, 5.41) is 9.54. The molecule has 0 rings (SSSR count). The summed E-state index contributed by atoms with van der Waals surface area (Å²) in [7, 11) is 0. The molecule has 0 aliphatic carbocycles. The lowest BCUT2D eigenvalue weighted by atomic mass is 9.94. The van der Waals surface area contributed by atoms with Crippen LogP contribution in [0.3, 0.4) is 0 Å². The lowest BCUT2D eigenvalue weighted by molar-refractivity contribution is 0.0479. The maximum atomic E-state index is 9.54. The summed E-state index contributed by atoms with van der Waals surface area (Å²) in [6.45, 7) is 7.28. The first kappa shape index (κ1) is 10.6. The van der Waals surface area contributed by atoms with Crippen LogP contribution in [0.25, 0.3) is 0 Å². The smallest absolute Gasteiger partial charge is 0.0755 e. The number of aliphatic hydroxyl groups is 1. The van der Waals surface area contributed by atoms with Crippen molar-refractivity contribution in [2.24, 2.45) is 0 Å². The molecule has 1 N–H and O–H groups in total. The molecule has 4 heteroatoms. The van der Waals surface area contributed by atoms with Crippen molar-refractivity contribution in [2.45, 2.75) is 38.0 Å². The number of rotatable bonds is 3. The molecule has 0 aliphatic heterocycles. The van der Waals surface area contributed by atoms with Crippen LogP contribution in [0.5, 0.6) is 0 Å². The molecule has 0 unspecified atom stereocenters. The first-order valence-corrected chi connectivity index (χ1v) is 4.13. The van der Waals surface area contributed by atoms with Gasteiger partial charge in [-0.1, -0.05) is 0 Å². The molecule has 0 saturated carbocycles. The van der Waals surface area contributed by atoms with E-state index in [1.807, 2.05) is 13.8 Å². The van der Waals surface area contributed by atoms with E-state index in [0.29, 0.717) is 0 Å².